The van der Waals surface area contributed by atoms with Gasteiger partial charge in [-0.15, -0.1) is 0 Å². The normalized spacial score (nSPS) is 9.93. The zero-order valence-electron chi connectivity index (χ0n) is 8.32. The number of hydrogen-bond donors (Lipinski definition) is 2. The molecule has 0 heterocycles. The van der Waals surface area contributed by atoms with Crippen LogP contribution in [0.4, 0.5) is 4.39 Å². The molecule has 0 bridgehead atoms. The highest BCUT2D eigenvalue weighted by molar-refractivity contribution is 6.59. The van der Waals surface area contributed by atoms with Crippen LogP contribution in [0.5, 0.6) is 0 Å². The summed E-state index contributed by atoms with van der Waals surface area (Å²) in [5.74, 6) is -1.41. The topological polar surface area (TPSA) is 66.8 Å². The van der Waals surface area contributed by atoms with Crippen LogP contribution in [0, 0.1) is 12.7 Å². The maximum atomic E-state index is 13.3. The van der Waals surface area contributed by atoms with Gasteiger partial charge in [0, 0.05) is 0 Å². The summed E-state index contributed by atoms with van der Waals surface area (Å²) in [6, 6.07) is 2.18. The molecule has 80 valence electrons. The van der Waals surface area contributed by atoms with Crippen molar-refractivity contribution in [3.63, 3.8) is 0 Å². The van der Waals surface area contributed by atoms with Crippen LogP contribution in [-0.2, 0) is 4.74 Å². The smallest absolute Gasteiger partial charge is 0.465 e. The molecule has 0 saturated heterocycles. The molecular formula is C9H10BFO4. The van der Waals surface area contributed by atoms with Crippen LogP contribution in [0.25, 0.3) is 0 Å². The van der Waals surface area contributed by atoms with Crippen molar-refractivity contribution >= 4 is 18.6 Å². The second kappa shape index (κ2) is 4.42. The average Bonchev–Trinajstić information content (AvgIpc) is 2.20. The van der Waals surface area contributed by atoms with Gasteiger partial charge in [-0.2, -0.15) is 0 Å². The first-order valence-corrected chi connectivity index (χ1v) is 4.22. The quantitative estimate of drug-likeness (QED) is 0.517. The Morgan fingerprint density at radius 2 is 2.07 bits per heavy atom. The molecule has 0 spiro atoms. The van der Waals surface area contributed by atoms with Crippen molar-refractivity contribution in [3.8, 4) is 0 Å². The average molecular weight is 212 g/mol. The third-order valence-electron chi connectivity index (χ3n) is 2.08. The van der Waals surface area contributed by atoms with Gasteiger partial charge in [0.15, 0.2) is 0 Å². The Kier molecular flexibility index (Phi) is 3.44. The van der Waals surface area contributed by atoms with Crippen LogP contribution in [0.2, 0.25) is 0 Å². The van der Waals surface area contributed by atoms with Crippen LogP contribution >= 0.6 is 0 Å². The summed E-state index contributed by atoms with van der Waals surface area (Å²) in [6.45, 7) is 1.39. The summed E-state index contributed by atoms with van der Waals surface area (Å²) in [6.07, 6.45) is 0. The Bertz CT molecular complexity index is 392. The van der Waals surface area contributed by atoms with E-state index in [9.17, 15) is 9.18 Å². The van der Waals surface area contributed by atoms with E-state index in [0.717, 1.165) is 13.2 Å². The predicted octanol–water partition coefficient (Wildman–Crippen LogP) is -0.399. The fraction of sp³-hybridized carbons (Fsp3) is 0.222. The van der Waals surface area contributed by atoms with Crippen molar-refractivity contribution in [3.05, 3.63) is 29.1 Å². The number of carbonyl (C=O) groups excluding carboxylic acids is 1. The molecule has 0 unspecified atom stereocenters. The van der Waals surface area contributed by atoms with E-state index in [4.69, 9.17) is 10.0 Å². The molecule has 0 fully saturated rings. The zero-order valence-corrected chi connectivity index (χ0v) is 8.32. The molecule has 0 aliphatic rings. The van der Waals surface area contributed by atoms with E-state index < -0.39 is 18.9 Å². The molecule has 15 heavy (non-hydrogen) atoms. The van der Waals surface area contributed by atoms with Crippen LogP contribution in [0.15, 0.2) is 12.1 Å². The molecule has 0 amide bonds. The SMILES string of the molecule is COC(=O)c1cc(F)c(C)c(B(O)O)c1. The summed E-state index contributed by atoms with van der Waals surface area (Å²) >= 11 is 0. The molecule has 0 aromatic heterocycles. The first-order valence-electron chi connectivity index (χ1n) is 4.22. The van der Waals surface area contributed by atoms with Gasteiger partial charge in [-0.05, 0) is 30.1 Å². The Morgan fingerprint density at radius 3 is 2.53 bits per heavy atom. The van der Waals surface area contributed by atoms with Gasteiger partial charge in [-0.1, -0.05) is 0 Å². The fourth-order valence-corrected chi connectivity index (χ4v) is 1.20. The number of rotatable bonds is 2. The van der Waals surface area contributed by atoms with Gasteiger partial charge in [0.25, 0.3) is 0 Å². The minimum atomic E-state index is -1.82. The third-order valence-corrected chi connectivity index (χ3v) is 2.08. The van der Waals surface area contributed by atoms with Gasteiger partial charge < -0.3 is 14.8 Å². The third kappa shape index (κ3) is 2.34. The maximum Gasteiger partial charge on any atom is 0.488 e. The van der Waals surface area contributed by atoms with Crippen LogP contribution < -0.4 is 5.46 Å². The maximum absolute atomic E-state index is 13.3. The first kappa shape index (κ1) is 11.7. The fourth-order valence-electron chi connectivity index (χ4n) is 1.20. The summed E-state index contributed by atoms with van der Waals surface area (Å²) < 4.78 is 17.7. The van der Waals surface area contributed by atoms with Crippen molar-refractivity contribution in [2.45, 2.75) is 6.92 Å². The molecule has 2 N–H and O–H groups in total. The number of esters is 1. The summed E-state index contributed by atoms with van der Waals surface area (Å²) in [7, 11) is -0.654. The molecule has 0 atom stereocenters. The van der Waals surface area contributed by atoms with E-state index in [1.165, 1.54) is 13.0 Å². The van der Waals surface area contributed by atoms with Crippen molar-refractivity contribution in [2.24, 2.45) is 0 Å². The number of carbonyl (C=O) groups is 1. The van der Waals surface area contributed by atoms with Gasteiger partial charge in [-0.25, -0.2) is 9.18 Å². The number of ether oxygens (including phenoxy) is 1. The highest BCUT2D eigenvalue weighted by Crippen LogP contribution is 2.09. The number of benzene rings is 1. The van der Waals surface area contributed by atoms with Crippen molar-refractivity contribution in [1.29, 1.82) is 0 Å². The highest BCUT2D eigenvalue weighted by atomic mass is 19.1. The molecular weight excluding hydrogens is 202 g/mol. The summed E-state index contributed by atoms with van der Waals surface area (Å²) in [5, 5.41) is 17.9. The van der Waals surface area contributed by atoms with Crippen molar-refractivity contribution in [2.75, 3.05) is 7.11 Å². The minimum Gasteiger partial charge on any atom is -0.465 e. The van der Waals surface area contributed by atoms with Crippen LogP contribution in [-0.4, -0.2) is 30.2 Å². The van der Waals surface area contributed by atoms with Gasteiger partial charge in [0.05, 0.1) is 12.7 Å². The summed E-state index contributed by atoms with van der Waals surface area (Å²) in [4.78, 5) is 11.1. The van der Waals surface area contributed by atoms with Crippen molar-refractivity contribution < 1.29 is 24.0 Å². The lowest BCUT2D eigenvalue weighted by Gasteiger charge is -2.08. The Labute approximate surface area is 86.4 Å². The van der Waals surface area contributed by atoms with E-state index in [0.29, 0.717) is 0 Å². The zero-order chi connectivity index (χ0) is 11.6. The monoisotopic (exact) mass is 212 g/mol. The van der Waals surface area contributed by atoms with E-state index in [2.05, 4.69) is 4.74 Å². The van der Waals surface area contributed by atoms with E-state index >= 15 is 0 Å². The second-order valence-corrected chi connectivity index (χ2v) is 3.04. The lowest BCUT2D eigenvalue weighted by molar-refractivity contribution is 0.0600. The van der Waals surface area contributed by atoms with E-state index in [-0.39, 0.29) is 16.6 Å². The van der Waals surface area contributed by atoms with Crippen LogP contribution in [0.1, 0.15) is 15.9 Å². The number of methoxy groups -OCH3 is 1. The number of halogens is 1. The van der Waals surface area contributed by atoms with Gasteiger partial charge >= 0.3 is 13.1 Å². The summed E-state index contributed by atoms with van der Waals surface area (Å²) in [5.41, 5.74) is -0.00301. The lowest BCUT2D eigenvalue weighted by Crippen LogP contribution is -2.33. The van der Waals surface area contributed by atoms with Gasteiger partial charge in [0.1, 0.15) is 5.82 Å². The first-order chi connectivity index (χ1) is 6.97. The molecule has 1 aromatic rings. The predicted molar refractivity (Wildman–Crippen MR) is 52.3 cm³/mol. The standard InChI is InChI=1S/C9H10BFO4/c1-5-7(10(13)14)3-6(4-8(5)11)9(12)15-2/h3-4,13-14H,1-2H3. The Hall–Kier alpha value is -1.40. The molecule has 6 heteroatoms. The highest BCUT2D eigenvalue weighted by Gasteiger charge is 2.20. The molecule has 0 saturated carbocycles. The molecule has 1 aromatic carbocycles. The molecule has 0 aliphatic carbocycles. The molecule has 1 rings (SSSR count). The Balaban J connectivity index is 3.29. The minimum absolute atomic E-state index is 0.0459. The van der Waals surface area contributed by atoms with Gasteiger partial charge in [-0.3, -0.25) is 0 Å². The van der Waals surface area contributed by atoms with E-state index in [1.54, 1.807) is 0 Å². The molecule has 0 radical (unpaired) electrons. The largest absolute Gasteiger partial charge is 0.488 e. The Morgan fingerprint density at radius 1 is 1.47 bits per heavy atom. The van der Waals surface area contributed by atoms with Crippen molar-refractivity contribution in [1.82, 2.24) is 0 Å². The van der Waals surface area contributed by atoms with E-state index in [1.807, 2.05) is 0 Å². The lowest BCUT2D eigenvalue weighted by atomic mass is 9.76. The molecule has 4 nitrogen and oxygen atoms in total. The number of hydrogen-bond acceptors (Lipinski definition) is 4. The van der Waals surface area contributed by atoms with Gasteiger partial charge in [0.2, 0.25) is 0 Å². The van der Waals surface area contributed by atoms with Crippen LogP contribution in [0.3, 0.4) is 0 Å². The molecule has 0 aliphatic heterocycles. The second-order valence-electron chi connectivity index (χ2n) is 3.04.